The molecule has 0 aromatic heterocycles. The third-order valence-electron chi connectivity index (χ3n) is 8.97. The van der Waals surface area contributed by atoms with Crippen LogP contribution in [0.4, 0.5) is 0 Å². The minimum Gasteiger partial charge on any atom is -0.504 e. The smallest absolute Gasteiger partial charge is 0.331 e. The van der Waals surface area contributed by atoms with Crippen LogP contribution < -0.4 is 0 Å². The monoisotopic (exact) mass is 756 g/mol. The molecule has 11 N–H and O–H groups in total. The second kappa shape index (κ2) is 17.6. The van der Waals surface area contributed by atoms with Gasteiger partial charge in [0, 0.05) is 6.08 Å². The van der Waals surface area contributed by atoms with Crippen molar-refractivity contribution in [1.29, 1.82) is 0 Å². The van der Waals surface area contributed by atoms with E-state index in [1.807, 2.05) is 0 Å². The van der Waals surface area contributed by atoms with Gasteiger partial charge in [-0.1, -0.05) is 12.1 Å². The molecule has 19 heteroatoms. The Kier molecular flexibility index (Phi) is 13.5. The van der Waals surface area contributed by atoms with Crippen molar-refractivity contribution < 1.29 is 94.1 Å². The molecule has 3 fully saturated rings. The summed E-state index contributed by atoms with van der Waals surface area (Å²) in [6.45, 7) is 0.237. The van der Waals surface area contributed by atoms with Gasteiger partial charge in [-0.15, -0.1) is 0 Å². The van der Waals surface area contributed by atoms with Gasteiger partial charge in [-0.05, 0) is 54.8 Å². The minimum absolute atomic E-state index is 0.136. The first-order chi connectivity index (χ1) is 25.1. The van der Waals surface area contributed by atoms with E-state index in [-0.39, 0.29) is 30.1 Å². The van der Waals surface area contributed by atoms with E-state index in [9.17, 15) is 61.0 Å². The van der Waals surface area contributed by atoms with Gasteiger partial charge >= 0.3 is 5.97 Å². The maximum absolute atomic E-state index is 13.2. The van der Waals surface area contributed by atoms with E-state index in [2.05, 4.69) is 0 Å². The summed E-state index contributed by atoms with van der Waals surface area (Å²) in [6.07, 6.45) is -20.0. The van der Waals surface area contributed by atoms with Gasteiger partial charge in [-0.2, -0.15) is 0 Å². The van der Waals surface area contributed by atoms with Crippen LogP contribution in [0.3, 0.4) is 0 Å². The molecule has 5 rings (SSSR count). The number of phenolic OH excluding ortho intramolecular Hbond substituents is 4. The number of carbonyl (C=O) groups is 1. The maximum Gasteiger partial charge on any atom is 0.331 e. The normalized spacial score (nSPS) is 36.4. The zero-order chi connectivity index (χ0) is 38.6. The zero-order valence-corrected chi connectivity index (χ0v) is 28.2. The van der Waals surface area contributed by atoms with E-state index >= 15 is 0 Å². The fourth-order valence-electron chi connectivity index (χ4n) is 5.86. The lowest BCUT2D eigenvalue weighted by molar-refractivity contribution is -0.362. The third kappa shape index (κ3) is 9.72. The molecule has 2 aromatic carbocycles. The van der Waals surface area contributed by atoms with E-state index in [1.165, 1.54) is 49.4 Å². The highest BCUT2D eigenvalue weighted by Gasteiger charge is 2.53. The molecule has 2 aromatic rings. The Balaban J connectivity index is 1.42. The van der Waals surface area contributed by atoms with Crippen molar-refractivity contribution in [2.75, 3.05) is 19.8 Å². The van der Waals surface area contributed by atoms with Crippen LogP contribution >= 0.6 is 0 Å². The van der Waals surface area contributed by atoms with Gasteiger partial charge in [0.2, 0.25) is 0 Å². The maximum atomic E-state index is 13.2. The summed E-state index contributed by atoms with van der Waals surface area (Å²) in [6, 6.07) is 7.83. The van der Waals surface area contributed by atoms with E-state index in [4.69, 9.17) is 33.2 Å². The lowest BCUT2D eigenvalue weighted by Gasteiger charge is -2.47. The van der Waals surface area contributed by atoms with Crippen LogP contribution in [-0.2, 0) is 44.4 Å². The van der Waals surface area contributed by atoms with E-state index in [0.717, 1.165) is 6.08 Å². The minimum atomic E-state index is -1.86. The molecule has 19 nitrogen and oxygen atoms in total. The molecule has 3 heterocycles. The Morgan fingerprint density at radius 3 is 2.11 bits per heavy atom. The largest absolute Gasteiger partial charge is 0.504 e. The second-order valence-electron chi connectivity index (χ2n) is 12.8. The molecule has 3 saturated heterocycles. The Morgan fingerprint density at radius 1 is 0.736 bits per heavy atom. The predicted molar refractivity (Wildman–Crippen MR) is 174 cm³/mol. The van der Waals surface area contributed by atoms with E-state index in [0.29, 0.717) is 5.56 Å². The second-order valence-corrected chi connectivity index (χ2v) is 12.8. The van der Waals surface area contributed by atoms with Crippen molar-refractivity contribution in [1.82, 2.24) is 0 Å². The Hall–Kier alpha value is -3.67. The number of aliphatic hydroxyl groups excluding tert-OH is 7. The Bertz CT molecular complexity index is 1560. The molecule has 0 saturated carbocycles. The number of hydrogen-bond donors (Lipinski definition) is 11. The average molecular weight is 757 g/mol. The molecule has 14 atom stereocenters. The van der Waals surface area contributed by atoms with Gasteiger partial charge in [0.15, 0.2) is 48.0 Å². The predicted octanol–water partition coefficient (Wildman–Crippen LogP) is -2.55. The number of phenols is 4. The highest BCUT2D eigenvalue weighted by molar-refractivity contribution is 5.87. The Labute approximate surface area is 302 Å². The molecule has 3 aliphatic heterocycles. The van der Waals surface area contributed by atoms with Gasteiger partial charge in [0.25, 0.3) is 0 Å². The quantitative estimate of drug-likeness (QED) is 0.0603. The molecular weight excluding hydrogens is 712 g/mol. The topological polar surface area (TPSA) is 304 Å². The fraction of sp³-hybridized carbons (Fsp3) is 0.559. The molecule has 0 aliphatic carbocycles. The van der Waals surface area contributed by atoms with Crippen molar-refractivity contribution >= 4 is 12.0 Å². The standard InChI is InChI=1S/C34H44O19/c1-14-24(41)26(43)28(45)34(50-14)53-31-29(46)33(47-9-8-16-3-6-18(36)20(38)11-16)51-22(13-49-32-27(44)25(42)21(39)12-48-32)30(31)52-23(40)7-4-15-2-5-17(35)19(37)10-15/h2-7,10-11,14,21-22,24-39,41-46H,8-9,12-13H2,1H3/b7-4+/t14-,21+,22+,24+,25-,26+,27+,28+,29+,30+,31+,32-,33+,34-/m0/s1. The summed E-state index contributed by atoms with van der Waals surface area (Å²) in [7, 11) is 0. The third-order valence-corrected chi connectivity index (χ3v) is 8.97. The van der Waals surface area contributed by atoms with Gasteiger partial charge in [-0.3, -0.25) is 0 Å². The molecule has 0 bridgehead atoms. The fourth-order valence-corrected chi connectivity index (χ4v) is 5.86. The first kappa shape index (κ1) is 40.5. The van der Waals surface area contributed by atoms with Gasteiger partial charge in [0.1, 0.15) is 54.9 Å². The van der Waals surface area contributed by atoms with Crippen LogP contribution in [-0.4, -0.2) is 168 Å². The van der Waals surface area contributed by atoms with Gasteiger partial charge < -0.3 is 89.3 Å². The highest BCUT2D eigenvalue weighted by Crippen LogP contribution is 2.33. The lowest BCUT2D eigenvalue weighted by Crippen LogP contribution is -2.65. The number of aromatic hydroxyl groups is 4. The molecule has 294 valence electrons. The highest BCUT2D eigenvalue weighted by atomic mass is 16.8. The van der Waals surface area contributed by atoms with Crippen molar-refractivity contribution in [3.8, 4) is 23.0 Å². The first-order valence-corrected chi connectivity index (χ1v) is 16.6. The van der Waals surface area contributed by atoms with Crippen LogP contribution in [0.15, 0.2) is 42.5 Å². The summed E-state index contributed by atoms with van der Waals surface area (Å²) in [4.78, 5) is 13.2. The van der Waals surface area contributed by atoms with E-state index in [1.54, 1.807) is 0 Å². The van der Waals surface area contributed by atoms with Crippen molar-refractivity contribution in [3.05, 3.63) is 53.6 Å². The summed E-state index contributed by atoms with van der Waals surface area (Å²) in [5.41, 5.74) is 0.813. The number of ether oxygens (including phenoxy) is 7. The number of hydrogen-bond acceptors (Lipinski definition) is 19. The number of aliphatic hydroxyl groups is 7. The van der Waals surface area contributed by atoms with Crippen LogP contribution in [0.25, 0.3) is 6.08 Å². The molecule has 0 spiro atoms. The average Bonchev–Trinajstić information content (AvgIpc) is 3.13. The van der Waals surface area contributed by atoms with Crippen LogP contribution in [0, 0.1) is 0 Å². The summed E-state index contributed by atoms with van der Waals surface area (Å²) < 4.78 is 40.1. The molecule has 0 radical (unpaired) electrons. The van der Waals surface area contributed by atoms with Crippen LogP contribution in [0.5, 0.6) is 23.0 Å². The summed E-state index contributed by atoms with van der Waals surface area (Å²) in [5.74, 6) is -2.62. The van der Waals surface area contributed by atoms with Gasteiger partial charge in [0.05, 0.1) is 25.9 Å². The van der Waals surface area contributed by atoms with Crippen molar-refractivity contribution in [2.45, 2.75) is 99.4 Å². The molecule has 53 heavy (non-hydrogen) atoms. The number of carbonyl (C=O) groups excluding carboxylic acids is 1. The lowest BCUT2D eigenvalue weighted by atomic mass is 9.96. The molecule has 3 aliphatic rings. The number of benzene rings is 2. The summed E-state index contributed by atoms with van der Waals surface area (Å²) >= 11 is 0. The van der Waals surface area contributed by atoms with Crippen molar-refractivity contribution in [2.24, 2.45) is 0 Å². The number of rotatable bonds is 12. The first-order valence-electron chi connectivity index (χ1n) is 16.6. The van der Waals surface area contributed by atoms with Crippen LogP contribution in [0.1, 0.15) is 18.1 Å². The Morgan fingerprint density at radius 2 is 1.42 bits per heavy atom. The molecular formula is C34H44O19. The van der Waals surface area contributed by atoms with Crippen molar-refractivity contribution in [3.63, 3.8) is 0 Å². The zero-order valence-electron chi connectivity index (χ0n) is 28.2. The molecule has 0 amide bonds. The van der Waals surface area contributed by atoms with E-state index < -0.39 is 117 Å². The van der Waals surface area contributed by atoms with Crippen LogP contribution in [0.2, 0.25) is 0 Å². The van der Waals surface area contributed by atoms with Gasteiger partial charge in [-0.25, -0.2) is 4.79 Å². The SMILES string of the molecule is C[C@@H]1O[C@@H](O[C@@H]2[C@@H](O)[C@H](OCCc3ccc(O)c(O)c3)O[C@H](CO[C@@H]3OC[C@@H](O)[C@H](O)[C@H]3O)[C@H]2OC(=O)/C=C/c2ccc(O)c(O)c2)[C@H](O)[C@H](O)[C@@H]1O. The molecule has 0 unspecified atom stereocenters. The summed E-state index contributed by atoms with van der Waals surface area (Å²) in [5, 5.41) is 112. The number of esters is 1.